The van der Waals surface area contributed by atoms with Crippen LogP contribution in [0.15, 0.2) is 72.8 Å². The molecule has 1 unspecified atom stereocenters. The largest absolute Gasteiger partial charge is 0.342 e. The number of piperidine rings is 1. The summed E-state index contributed by atoms with van der Waals surface area (Å²) in [7, 11) is 0. The monoisotopic (exact) mass is 437 g/mol. The van der Waals surface area contributed by atoms with Gasteiger partial charge in [-0.25, -0.2) is 9.78 Å². The predicted molar refractivity (Wildman–Crippen MR) is 132 cm³/mol. The number of H-pyrrole nitrogens is 1. The maximum atomic E-state index is 13.0. The first-order valence-electron chi connectivity index (χ1n) is 11.7. The van der Waals surface area contributed by atoms with E-state index in [1.807, 2.05) is 41.3 Å². The van der Waals surface area contributed by atoms with Gasteiger partial charge in [0.25, 0.3) is 0 Å². The van der Waals surface area contributed by atoms with E-state index in [1.165, 1.54) is 11.3 Å². The number of hydrogen-bond donors (Lipinski definition) is 2. The number of aromatic amines is 1. The lowest BCUT2D eigenvalue weighted by Crippen LogP contribution is -2.41. The van der Waals surface area contributed by atoms with Crippen LogP contribution in [0.3, 0.4) is 0 Å². The van der Waals surface area contributed by atoms with E-state index in [4.69, 9.17) is 4.98 Å². The zero-order valence-corrected chi connectivity index (χ0v) is 18.5. The number of imidazole rings is 1. The Balaban J connectivity index is 1.12. The summed E-state index contributed by atoms with van der Waals surface area (Å²) in [5.41, 5.74) is 6.67. The number of likely N-dealkylation sites (tertiary alicyclic amines) is 1. The van der Waals surface area contributed by atoms with Gasteiger partial charge < -0.3 is 20.1 Å². The number of nitrogens with zero attached hydrogens (tertiary/aromatic N) is 3. The molecule has 4 aromatic rings. The van der Waals surface area contributed by atoms with Gasteiger partial charge in [0.05, 0.1) is 11.0 Å². The highest BCUT2D eigenvalue weighted by molar-refractivity contribution is 5.90. The molecule has 3 aromatic carbocycles. The van der Waals surface area contributed by atoms with Gasteiger partial charge >= 0.3 is 6.03 Å². The van der Waals surface area contributed by atoms with Crippen LogP contribution >= 0.6 is 0 Å². The number of aromatic nitrogens is 2. The van der Waals surface area contributed by atoms with Crippen molar-refractivity contribution in [2.75, 3.05) is 29.9 Å². The highest BCUT2D eigenvalue weighted by Crippen LogP contribution is 2.34. The minimum Gasteiger partial charge on any atom is -0.342 e. The van der Waals surface area contributed by atoms with Gasteiger partial charge in [-0.15, -0.1) is 0 Å². The van der Waals surface area contributed by atoms with Gasteiger partial charge in [0, 0.05) is 42.6 Å². The Morgan fingerprint density at radius 2 is 1.79 bits per heavy atom. The molecule has 0 spiro atoms. The molecule has 3 heterocycles. The summed E-state index contributed by atoms with van der Waals surface area (Å²) in [5, 5.41) is 3.09. The van der Waals surface area contributed by atoms with Crippen LogP contribution in [0.1, 0.15) is 30.1 Å². The highest BCUT2D eigenvalue weighted by Gasteiger charge is 2.27. The van der Waals surface area contributed by atoms with E-state index < -0.39 is 0 Å². The molecule has 2 N–H and O–H groups in total. The fourth-order valence-electron chi connectivity index (χ4n) is 5.08. The average Bonchev–Trinajstić information content (AvgIpc) is 3.49. The summed E-state index contributed by atoms with van der Waals surface area (Å²) < 4.78 is 0. The molecule has 2 amide bonds. The van der Waals surface area contributed by atoms with E-state index >= 15 is 0 Å². The van der Waals surface area contributed by atoms with Crippen LogP contribution in [0, 0.1) is 0 Å². The molecule has 1 aromatic heterocycles. The molecule has 2 aliphatic heterocycles. The van der Waals surface area contributed by atoms with Gasteiger partial charge in [-0.3, -0.25) is 0 Å². The molecular weight excluding hydrogens is 410 g/mol. The minimum absolute atomic E-state index is 0.0462. The zero-order valence-electron chi connectivity index (χ0n) is 18.5. The number of rotatable bonds is 3. The lowest BCUT2D eigenvalue weighted by Gasteiger charge is -2.32. The second-order valence-electron chi connectivity index (χ2n) is 8.93. The standard InChI is InChI=1S/C27H27N5O/c33-27(31-16-5-7-20(18-31)26-29-23-8-2-3-9-24(23)30-26)28-21-11-13-22(14-12-21)32-17-15-19-6-1-4-10-25(19)32/h1-4,6,8-14,20H,5,7,15-18H2,(H,28,33)(H,29,30). The Hall–Kier alpha value is -3.80. The number of carbonyl (C=O) groups excluding carboxylic acids is 1. The first kappa shape index (κ1) is 19.9. The molecule has 1 atom stereocenters. The van der Waals surface area contributed by atoms with Crippen molar-refractivity contribution in [3.05, 3.63) is 84.2 Å². The van der Waals surface area contributed by atoms with Crippen LogP contribution in [0.25, 0.3) is 11.0 Å². The summed E-state index contributed by atoms with van der Waals surface area (Å²) in [5.74, 6) is 1.21. The average molecular weight is 438 g/mol. The van der Waals surface area contributed by atoms with E-state index in [0.717, 1.165) is 60.6 Å². The molecule has 2 aliphatic rings. The van der Waals surface area contributed by atoms with Crippen LogP contribution < -0.4 is 10.2 Å². The van der Waals surface area contributed by atoms with Crippen molar-refractivity contribution in [2.45, 2.75) is 25.2 Å². The van der Waals surface area contributed by atoms with Gasteiger partial charge in [-0.1, -0.05) is 30.3 Å². The van der Waals surface area contributed by atoms with E-state index in [2.05, 4.69) is 51.6 Å². The van der Waals surface area contributed by atoms with Crippen LogP contribution in [0.5, 0.6) is 0 Å². The first-order chi connectivity index (χ1) is 16.2. The van der Waals surface area contributed by atoms with Gasteiger partial charge in [0.2, 0.25) is 0 Å². The lowest BCUT2D eigenvalue weighted by atomic mass is 9.97. The summed E-state index contributed by atoms with van der Waals surface area (Å²) in [6, 6.07) is 24.8. The van der Waals surface area contributed by atoms with Crippen molar-refractivity contribution in [1.82, 2.24) is 14.9 Å². The Labute approximate surface area is 193 Å². The molecular formula is C27H27N5O. The third-order valence-electron chi connectivity index (χ3n) is 6.82. The molecule has 1 fully saturated rings. The van der Waals surface area contributed by atoms with Gasteiger partial charge in [-0.2, -0.15) is 0 Å². The fraction of sp³-hybridized carbons (Fsp3) is 0.259. The number of anilines is 3. The molecule has 6 heteroatoms. The molecule has 0 bridgehead atoms. The number of benzene rings is 3. The zero-order chi connectivity index (χ0) is 22.2. The van der Waals surface area contributed by atoms with Gasteiger partial charge in [0.1, 0.15) is 5.82 Å². The summed E-state index contributed by atoms with van der Waals surface area (Å²) in [6.07, 6.45) is 3.08. The normalized spacial score (nSPS) is 17.9. The SMILES string of the molecule is O=C(Nc1ccc(N2CCc3ccccc32)cc1)N1CCCC(c2nc3ccccc3[nH]2)C1. The Kier molecular flexibility index (Phi) is 4.98. The van der Waals surface area contributed by atoms with Crippen molar-refractivity contribution < 1.29 is 4.79 Å². The quantitative estimate of drug-likeness (QED) is 0.434. The number of hydrogen-bond acceptors (Lipinski definition) is 3. The Bertz CT molecular complexity index is 1260. The molecule has 33 heavy (non-hydrogen) atoms. The molecule has 166 valence electrons. The fourth-order valence-corrected chi connectivity index (χ4v) is 5.08. The minimum atomic E-state index is -0.0462. The van der Waals surface area contributed by atoms with Crippen molar-refractivity contribution >= 4 is 34.1 Å². The third-order valence-corrected chi connectivity index (χ3v) is 6.82. The molecule has 0 radical (unpaired) electrons. The number of amides is 2. The van der Waals surface area contributed by atoms with E-state index in [0.29, 0.717) is 6.54 Å². The first-order valence-corrected chi connectivity index (χ1v) is 11.7. The highest BCUT2D eigenvalue weighted by atomic mass is 16.2. The molecule has 0 saturated carbocycles. The van der Waals surface area contributed by atoms with Crippen LogP contribution in [0.4, 0.5) is 21.9 Å². The van der Waals surface area contributed by atoms with E-state index in [-0.39, 0.29) is 11.9 Å². The van der Waals surface area contributed by atoms with E-state index in [1.54, 1.807) is 0 Å². The second kappa shape index (κ2) is 8.28. The maximum absolute atomic E-state index is 13.0. The number of fused-ring (bicyclic) bond motifs is 2. The van der Waals surface area contributed by atoms with Crippen molar-refractivity contribution in [1.29, 1.82) is 0 Å². The lowest BCUT2D eigenvalue weighted by molar-refractivity contribution is 0.191. The third kappa shape index (κ3) is 3.82. The molecule has 6 nitrogen and oxygen atoms in total. The van der Waals surface area contributed by atoms with Crippen LogP contribution in [-0.4, -0.2) is 40.5 Å². The molecule has 0 aliphatic carbocycles. The topological polar surface area (TPSA) is 64.3 Å². The van der Waals surface area contributed by atoms with E-state index in [9.17, 15) is 4.79 Å². The summed E-state index contributed by atoms with van der Waals surface area (Å²) >= 11 is 0. The van der Waals surface area contributed by atoms with Crippen LogP contribution in [-0.2, 0) is 6.42 Å². The Morgan fingerprint density at radius 3 is 2.67 bits per heavy atom. The predicted octanol–water partition coefficient (Wildman–Crippen LogP) is 5.67. The number of para-hydroxylation sites is 3. The maximum Gasteiger partial charge on any atom is 0.321 e. The number of carbonyl (C=O) groups is 1. The molecule has 1 saturated heterocycles. The van der Waals surface area contributed by atoms with Crippen LogP contribution in [0.2, 0.25) is 0 Å². The Morgan fingerprint density at radius 1 is 0.970 bits per heavy atom. The van der Waals surface area contributed by atoms with Gasteiger partial charge in [0.15, 0.2) is 0 Å². The second-order valence-corrected chi connectivity index (χ2v) is 8.93. The number of nitrogens with one attached hydrogen (secondary N) is 2. The van der Waals surface area contributed by atoms with Crippen molar-refractivity contribution in [2.24, 2.45) is 0 Å². The van der Waals surface area contributed by atoms with Crippen molar-refractivity contribution in [3.8, 4) is 0 Å². The summed E-state index contributed by atoms with van der Waals surface area (Å²) in [6.45, 7) is 2.43. The smallest absolute Gasteiger partial charge is 0.321 e. The molecule has 6 rings (SSSR count). The van der Waals surface area contributed by atoms with Gasteiger partial charge in [-0.05, 0) is 67.3 Å². The summed E-state index contributed by atoms with van der Waals surface area (Å²) in [4.78, 5) is 25.4. The van der Waals surface area contributed by atoms with Crippen molar-refractivity contribution in [3.63, 3.8) is 0 Å². The number of urea groups is 1.